The average Bonchev–Trinajstić information content (AvgIpc) is 2.40. The highest BCUT2D eigenvalue weighted by molar-refractivity contribution is 5.88. The Morgan fingerprint density at radius 1 is 1.21 bits per heavy atom. The highest BCUT2D eigenvalue weighted by atomic mass is 16.4. The van der Waals surface area contributed by atoms with E-state index in [0.717, 1.165) is 19.3 Å². The molecule has 2 N–H and O–H groups in total. The molecule has 0 unspecified atom stereocenters. The van der Waals surface area contributed by atoms with Crippen LogP contribution in [0.2, 0.25) is 0 Å². The summed E-state index contributed by atoms with van der Waals surface area (Å²) >= 11 is 0. The van der Waals surface area contributed by atoms with E-state index in [-0.39, 0.29) is 12.3 Å². The van der Waals surface area contributed by atoms with Gasteiger partial charge in [0.25, 0.3) is 0 Å². The van der Waals surface area contributed by atoms with Crippen LogP contribution in [0.4, 0.5) is 0 Å². The molecule has 1 amide bonds. The number of carboxylic acid groups (broad SMARTS) is 1. The lowest BCUT2D eigenvalue weighted by Gasteiger charge is -2.33. The predicted octanol–water partition coefficient (Wildman–Crippen LogP) is 0.923. The van der Waals surface area contributed by atoms with Crippen LogP contribution in [-0.2, 0) is 16.0 Å². The second kappa shape index (κ2) is 5.77. The molecule has 1 heterocycles. The summed E-state index contributed by atoms with van der Waals surface area (Å²) in [5.74, 6) is -1.23. The van der Waals surface area contributed by atoms with Crippen LogP contribution in [0.25, 0.3) is 0 Å². The first-order valence-electron chi connectivity index (χ1n) is 6.41. The van der Waals surface area contributed by atoms with E-state index in [4.69, 9.17) is 0 Å². The molecular formula is C13H17N3O3. The Morgan fingerprint density at radius 3 is 2.42 bits per heavy atom. The molecule has 0 spiro atoms. The summed E-state index contributed by atoms with van der Waals surface area (Å²) in [7, 11) is 0. The van der Waals surface area contributed by atoms with E-state index in [1.54, 1.807) is 12.4 Å². The van der Waals surface area contributed by atoms with Crippen LogP contribution >= 0.6 is 0 Å². The molecule has 1 saturated carbocycles. The second-order valence-corrected chi connectivity index (χ2v) is 4.92. The number of aliphatic carboxylic acids is 1. The molecule has 1 aromatic heterocycles. The van der Waals surface area contributed by atoms with Crippen molar-refractivity contribution in [3.8, 4) is 0 Å². The van der Waals surface area contributed by atoms with Crippen molar-refractivity contribution in [2.45, 2.75) is 44.1 Å². The van der Waals surface area contributed by atoms with Gasteiger partial charge in [0, 0.05) is 12.4 Å². The Labute approximate surface area is 111 Å². The summed E-state index contributed by atoms with van der Waals surface area (Å²) in [4.78, 5) is 31.0. The zero-order chi connectivity index (χ0) is 13.7. The molecule has 0 atom stereocenters. The van der Waals surface area contributed by atoms with Gasteiger partial charge in [0.2, 0.25) is 5.91 Å². The summed E-state index contributed by atoms with van der Waals surface area (Å²) in [6.07, 6.45) is 8.30. The fourth-order valence-electron chi connectivity index (χ4n) is 2.47. The van der Waals surface area contributed by atoms with Crippen LogP contribution in [0.15, 0.2) is 18.7 Å². The van der Waals surface area contributed by atoms with E-state index in [9.17, 15) is 14.7 Å². The number of aromatic nitrogens is 2. The van der Waals surface area contributed by atoms with E-state index in [1.165, 1.54) is 6.33 Å². The number of nitrogens with one attached hydrogen (secondary N) is 1. The minimum Gasteiger partial charge on any atom is -0.480 e. The fraction of sp³-hybridized carbons (Fsp3) is 0.538. The standard InChI is InChI=1S/C13H17N3O3/c17-11(6-10-7-14-9-15-8-10)16-13(12(18)19)4-2-1-3-5-13/h7-9H,1-6H2,(H,16,17)(H,18,19). The molecule has 0 radical (unpaired) electrons. The Balaban J connectivity index is 2.01. The third-order valence-electron chi connectivity index (χ3n) is 3.47. The summed E-state index contributed by atoms with van der Waals surface area (Å²) in [6, 6.07) is 0. The van der Waals surface area contributed by atoms with Crippen LogP contribution < -0.4 is 5.32 Å². The summed E-state index contributed by atoms with van der Waals surface area (Å²) in [5, 5.41) is 12.1. The van der Waals surface area contributed by atoms with Crippen LogP contribution in [0, 0.1) is 0 Å². The molecule has 0 aliphatic heterocycles. The van der Waals surface area contributed by atoms with Crippen LogP contribution in [0.3, 0.4) is 0 Å². The highest BCUT2D eigenvalue weighted by Gasteiger charge is 2.40. The van der Waals surface area contributed by atoms with Gasteiger partial charge in [0.05, 0.1) is 6.42 Å². The number of carbonyl (C=O) groups excluding carboxylic acids is 1. The number of hydrogen-bond donors (Lipinski definition) is 2. The van der Waals surface area contributed by atoms with Gasteiger partial charge in [0.15, 0.2) is 0 Å². The molecule has 1 fully saturated rings. The zero-order valence-corrected chi connectivity index (χ0v) is 10.6. The van der Waals surface area contributed by atoms with E-state index in [2.05, 4.69) is 15.3 Å². The molecule has 1 aliphatic rings. The van der Waals surface area contributed by atoms with E-state index in [1.807, 2.05) is 0 Å². The zero-order valence-electron chi connectivity index (χ0n) is 10.6. The SMILES string of the molecule is O=C(Cc1cncnc1)NC1(C(=O)O)CCCCC1. The lowest BCUT2D eigenvalue weighted by molar-refractivity contribution is -0.149. The maximum absolute atomic E-state index is 12.0. The number of rotatable bonds is 4. The van der Waals surface area contributed by atoms with Crippen molar-refractivity contribution in [1.29, 1.82) is 0 Å². The number of hydrogen-bond acceptors (Lipinski definition) is 4. The fourth-order valence-corrected chi connectivity index (χ4v) is 2.47. The van der Waals surface area contributed by atoms with Crippen molar-refractivity contribution < 1.29 is 14.7 Å². The van der Waals surface area contributed by atoms with Gasteiger partial charge in [0.1, 0.15) is 11.9 Å². The van der Waals surface area contributed by atoms with Crippen LogP contribution in [-0.4, -0.2) is 32.5 Å². The van der Waals surface area contributed by atoms with Crippen molar-refractivity contribution in [2.75, 3.05) is 0 Å². The monoisotopic (exact) mass is 263 g/mol. The Hall–Kier alpha value is -1.98. The topological polar surface area (TPSA) is 92.2 Å². The van der Waals surface area contributed by atoms with E-state index < -0.39 is 11.5 Å². The minimum absolute atomic E-state index is 0.107. The third-order valence-corrected chi connectivity index (χ3v) is 3.47. The van der Waals surface area contributed by atoms with Gasteiger partial charge in [-0.2, -0.15) is 0 Å². The van der Waals surface area contributed by atoms with Gasteiger partial charge in [-0.25, -0.2) is 14.8 Å². The highest BCUT2D eigenvalue weighted by Crippen LogP contribution is 2.28. The summed E-state index contributed by atoms with van der Waals surface area (Å²) < 4.78 is 0. The largest absolute Gasteiger partial charge is 0.480 e. The first-order chi connectivity index (χ1) is 9.12. The number of amides is 1. The summed E-state index contributed by atoms with van der Waals surface area (Å²) in [6.45, 7) is 0. The minimum atomic E-state index is -1.09. The van der Waals surface area contributed by atoms with Crippen LogP contribution in [0.5, 0.6) is 0 Å². The third kappa shape index (κ3) is 3.27. The quantitative estimate of drug-likeness (QED) is 0.842. The smallest absolute Gasteiger partial charge is 0.329 e. The molecule has 6 nitrogen and oxygen atoms in total. The van der Waals surface area contributed by atoms with Gasteiger partial charge in [-0.15, -0.1) is 0 Å². The normalized spacial score (nSPS) is 17.7. The first-order valence-corrected chi connectivity index (χ1v) is 6.41. The molecule has 6 heteroatoms. The van der Waals surface area contributed by atoms with Crippen molar-refractivity contribution in [3.63, 3.8) is 0 Å². The predicted molar refractivity (Wildman–Crippen MR) is 67.3 cm³/mol. The molecule has 0 saturated heterocycles. The number of nitrogens with zero attached hydrogens (tertiary/aromatic N) is 2. The Morgan fingerprint density at radius 2 is 1.84 bits per heavy atom. The van der Waals surface area contributed by atoms with E-state index in [0.29, 0.717) is 18.4 Å². The molecular weight excluding hydrogens is 246 g/mol. The van der Waals surface area contributed by atoms with Gasteiger partial charge < -0.3 is 10.4 Å². The molecule has 0 aromatic carbocycles. The van der Waals surface area contributed by atoms with Crippen LogP contribution in [0.1, 0.15) is 37.7 Å². The molecule has 102 valence electrons. The average molecular weight is 263 g/mol. The summed E-state index contributed by atoms with van der Waals surface area (Å²) in [5.41, 5.74) is -0.415. The molecule has 19 heavy (non-hydrogen) atoms. The van der Waals surface area contributed by atoms with Gasteiger partial charge in [-0.05, 0) is 18.4 Å². The lowest BCUT2D eigenvalue weighted by atomic mass is 9.81. The van der Waals surface area contributed by atoms with Gasteiger partial charge in [-0.3, -0.25) is 4.79 Å². The number of carbonyl (C=O) groups is 2. The number of carboxylic acids is 1. The maximum atomic E-state index is 12.0. The maximum Gasteiger partial charge on any atom is 0.329 e. The van der Waals surface area contributed by atoms with Crippen molar-refractivity contribution in [2.24, 2.45) is 0 Å². The van der Waals surface area contributed by atoms with Crippen molar-refractivity contribution in [1.82, 2.24) is 15.3 Å². The van der Waals surface area contributed by atoms with Gasteiger partial charge >= 0.3 is 5.97 Å². The molecule has 1 aromatic rings. The molecule has 1 aliphatic carbocycles. The lowest BCUT2D eigenvalue weighted by Crippen LogP contribution is -2.56. The first kappa shape index (κ1) is 13.5. The van der Waals surface area contributed by atoms with Crippen molar-refractivity contribution >= 4 is 11.9 Å². The second-order valence-electron chi connectivity index (χ2n) is 4.92. The van der Waals surface area contributed by atoms with Gasteiger partial charge in [-0.1, -0.05) is 19.3 Å². The van der Waals surface area contributed by atoms with Crippen molar-refractivity contribution in [3.05, 3.63) is 24.3 Å². The molecule has 2 rings (SSSR count). The van der Waals surface area contributed by atoms with E-state index >= 15 is 0 Å². The molecule has 0 bridgehead atoms. The Kier molecular flexibility index (Phi) is 4.09. The Bertz CT molecular complexity index is 455.